The number of nitriles is 1. The Hall–Kier alpha value is -1.67. The van der Waals surface area contributed by atoms with Gasteiger partial charge in [0, 0.05) is 12.6 Å². The number of aryl methyl sites for hydroxylation is 1. The average Bonchev–Trinajstić information content (AvgIpc) is 2.42. The second kappa shape index (κ2) is 7.81. The molecule has 0 atom stereocenters. The van der Waals surface area contributed by atoms with Crippen molar-refractivity contribution in [1.82, 2.24) is 15.1 Å². The van der Waals surface area contributed by atoms with Gasteiger partial charge in [-0.3, -0.25) is 0 Å². The van der Waals surface area contributed by atoms with Gasteiger partial charge in [-0.1, -0.05) is 0 Å². The summed E-state index contributed by atoms with van der Waals surface area (Å²) in [7, 11) is 2.14. The lowest BCUT2D eigenvalue weighted by molar-refractivity contribution is 0.269. The van der Waals surface area contributed by atoms with Crippen LogP contribution in [-0.4, -0.2) is 41.3 Å². The molecule has 0 fully saturated rings. The quantitative estimate of drug-likeness (QED) is 0.775. The molecule has 20 heavy (non-hydrogen) atoms. The molecule has 5 nitrogen and oxygen atoms in total. The molecule has 1 rings (SSSR count). The van der Waals surface area contributed by atoms with E-state index in [1.165, 1.54) is 0 Å². The third-order valence-corrected chi connectivity index (χ3v) is 3.68. The van der Waals surface area contributed by atoms with E-state index in [0.29, 0.717) is 17.4 Å². The van der Waals surface area contributed by atoms with E-state index in [0.717, 1.165) is 37.2 Å². The molecule has 1 N–H and O–H groups in total. The third kappa shape index (κ3) is 4.46. The van der Waals surface area contributed by atoms with Crippen LogP contribution in [0.3, 0.4) is 0 Å². The highest BCUT2D eigenvalue weighted by Crippen LogP contribution is 2.16. The lowest BCUT2D eigenvalue weighted by Crippen LogP contribution is -2.27. The maximum atomic E-state index is 9.20. The molecule has 5 heteroatoms. The normalized spacial score (nSPS) is 10.9. The highest BCUT2D eigenvalue weighted by molar-refractivity contribution is 5.55. The molecule has 0 bridgehead atoms. The van der Waals surface area contributed by atoms with Crippen molar-refractivity contribution in [1.29, 1.82) is 5.26 Å². The molecule has 0 aliphatic heterocycles. The molecule has 1 aromatic heterocycles. The largest absolute Gasteiger partial charge is 0.367 e. The summed E-state index contributed by atoms with van der Waals surface area (Å²) in [6.07, 6.45) is 2.18. The van der Waals surface area contributed by atoms with Crippen molar-refractivity contribution < 1.29 is 0 Å². The van der Waals surface area contributed by atoms with Crippen LogP contribution < -0.4 is 5.32 Å². The molecule has 0 saturated carbocycles. The first-order valence-corrected chi connectivity index (χ1v) is 7.15. The maximum Gasteiger partial charge on any atom is 0.166 e. The third-order valence-electron chi connectivity index (χ3n) is 3.68. The topological polar surface area (TPSA) is 64.8 Å². The molecule has 0 unspecified atom stereocenters. The number of nitrogens with zero attached hydrogens (tertiary/aromatic N) is 4. The predicted octanol–water partition coefficient (Wildman–Crippen LogP) is 2.50. The van der Waals surface area contributed by atoms with Crippen LogP contribution >= 0.6 is 0 Å². The number of unbranched alkanes of at least 4 members (excludes halogenated alkanes) is 1. The fraction of sp³-hybridized carbons (Fsp3) is 0.667. The van der Waals surface area contributed by atoms with Gasteiger partial charge in [-0.2, -0.15) is 10.4 Å². The lowest BCUT2D eigenvalue weighted by atomic mass is 10.1. The number of nitrogens with one attached hydrogen (secondary N) is 1. The summed E-state index contributed by atoms with van der Waals surface area (Å²) < 4.78 is 0. The number of hydrogen-bond donors (Lipinski definition) is 1. The van der Waals surface area contributed by atoms with Gasteiger partial charge in [-0.05, 0) is 59.7 Å². The maximum absolute atomic E-state index is 9.20. The Labute approximate surface area is 122 Å². The molecule has 110 valence electrons. The van der Waals surface area contributed by atoms with E-state index >= 15 is 0 Å². The Morgan fingerprint density at radius 3 is 2.55 bits per heavy atom. The van der Waals surface area contributed by atoms with Crippen LogP contribution in [0, 0.1) is 25.2 Å². The zero-order chi connectivity index (χ0) is 15.1. The Bertz CT molecular complexity index is 476. The number of aromatic nitrogens is 2. The molecule has 1 aromatic rings. The molecular formula is C15H25N5. The highest BCUT2D eigenvalue weighted by atomic mass is 15.2. The fourth-order valence-corrected chi connectivity index (χ4v) is 1.82. The van der Waals surface area contributed by atoms with E-state index < -0.39 is 0 Å². The Balaban J connectivity index is 2.44. The van der Waals surface area contributed by atoms with Gasteiger partial charge in [0.1, 0.15) is 11.6 Å². The minimum Gasteiger partial charge on any atom is -0.367 e. The smallest absolute Gasteiger partial charge is 0.166 e. The van der Waals surface area contributed by atoms with E-state index in [2.05, 4.69) is 47.4 Å². The summed E-state index contributed by atoms with van der Waals surface area (Å²) in [5.41, 5.74) is 2.33. The highest BCUT2D eigenvalue weighted by Gasteiger charge is 2.10. The summed E-state index contributed by atoms with van der Waals surface area (Å²) in [5, 5.41) is 20.6. The summed E-state index contributed by atoms with van der Waals surface area (Å²) in [6, 6.07) is 2.79. The van der Waals surface area contributed by atoms with Gasteiger partial charge >= 0.3 is 0 Å². The molecule has 0 aromatic carbocycles. The Morgan fingerprint density at radius 1 is 1.25 bits per heavy atom. The van der Waals surface area contributed by atoms with Gasteiger partial charge < -0.3 is 10.2 Å². The first kappa shape index (κ1) is 16.4. The van der Waals surface area contributed by atoms with Crippen molar-refractivity contribution in [2.45, 2.75) is 46.6 Å². The monoisotopic (exact) mass is 275 g/mol. The van der Waals surface area contributed by atoms with Gasteiger partial charge in [0.05, 0.1) is 5.69 Å². The van der Waals surface area contributed by atoms with Crippen molar-refractivity contribution in [2.24, 2.45) is 0 Å². The lowest BCUT2D eigenvalue weighted by Gasteiger charge is -2.20. The van der Waals surface area contributed by atoms with Crippen molar-refractivity contribution in [2.75, 3.05) is 25.5 Å². The minimum absolute atomic E-state index is 0.582. The second-order valence-electron chi connectivity index (χ2n) is 5.45. The van der Waals surface area contributed by atoms with Crippen LogP contribution in [-0.2, 0) is 0 Å². The van der Waals surface area contributed by atoms with Crippen LogP contribution in [0.15, 0.2) is 0 Å². The van der Waals surface area contributed by atoms with E-state index in [1.54, 1.807) is 0 Å². The van der Waals surface area contributed by atoms with Gasteiger partial charge in [0.15, 0.2) is 5.82 Å². The molecule has 0 radical (unpaired) electrons. The zero-order valence-corrected chi connectivity index (χ0v) is 13.2. The first-order valence-electron chi connectivity index (χ1n) is 7.15. The van der Waals surface area contributed by atoms with E-state index in [4.69, 9.17) is 0 Å². The molecule has 0 spiro atoms. The van der Waals surface area contributed by atoms with E-state index in [1.807, 2.05) is 13.8 Å². The molecular weight excluding hydrogens is 250 g/mol. The number of rotatable bonds is 7. The summed E-state index contributed by atoms with van der Waals surface area (Å²) in [6.45, 7) is 10.1. The summed E-state index contributed by atoms with van der Waals surface area (Å²) in [4.78, 5) is 2.33. The average molecular weight is 275 g/mol. The molecule has 0 aliphatic carbocycles. The van der Waals surface area contributed by atoms with Crippen molar-refractivity contribution in [3.8, 4) is 6.07 Å². The van der Waals surface area contributed by atoms with Gasteiger partial charge in [-0.15, -0.1) is 5.10 Å². The second-order valence-corrected chi connectivity index (χ2v) is 5.45. The fourth-order valence-electron chi connectivity index (χ4n) is 1.82. The minimum atomic E-state index is 0.582. The molecule has 0 aliphatic rings. The van der Waals surface area contributed by atoms with E-state index in [9.17, 15) is 5.26 Å². The standard InChI is InChI=1S/C15H25N5/c1-11(2)20(5)9-7-6-8-17-15-14(10-16)12(3)13(4)18-19-15/h11H,6-9H2,1-5H3,(H,17,19). The summed E-state index contributed by atoms with van der Waals surface area (Å²) in [5.74, 6) is 0.604. The van der Waals surface area contributed by atoms with Crippen LogP contribution in [0.1, 0.15) is 43.5 Å². The number of hydrogen-bond acceptors (Lipinski definition) is 5. The SMILES string of the molecule is Cc1nnc(NCCCCN(C)C(C)C)c(C#N)c1C. The van der Waals surface area contributed by atoms with Gasteiger partial charge in [0.2, 0.25) is 0 Å². The van der Waals surface area contributed by atoms with Crippen molar-refractivity contribution in [3.63, 3.8) is 0 Å². The summed E-state index contributed by atoms with van der Waals surface area (Å²) >= 11 is 0. The van der Waals surface area contributed by atoms with Gasteiger partial charge in [-0.25, -0.2) is 0 Å². The van der Waals surface area contributed by atoms with Crippen LogP contribution in [0.25, 0.3) is 0 Å². The van der Waals surface area contributed by atoms with Crippen LogP contribution in [0.4, 0.5) is 5.82 Å². The van der Waals surface area contributed by atoms with Crippen molar-refractivity contribution in [3.05, 3.63) is 16.8 Å². The zero-order valence-electron chi connectivity index (χ0n) is 13.2. The van der Waals surface area contributed by atoms with Gasteiger partial charge in [0.25, 0.3) is 0 Å². The molecule has 1 heterocycles. The van der Waals surface area contributed by atoms with Crippen LogP contribution in [0.2, 0.25) is 0 Å². The molecule has 0 saturated heterocycles. The van der Waals surface area contributed by atoms with Crippen LogP contribution in [0.5, 0.6) is 0 Å². The molecule has 0 amide bonds. The van der Waals surface area contributed by atoms with Crippen molar-refractivity contribution >= 4 is 5.82 Å². The number of anilines is 1. The Morgan fingerprint density at radius 2 is 1.95 bits per heavy atom. The Kier molecular flexibility index (Phi) is 6.40. The van der Waals surface area contributed by atoms with E-state index in [-0.39, 0.29) is 0 Å². The predicted molar refractivity (Wildman–Crippen MR) is 81.7 cm³/mol. The first-order chi connectivity index (χ1) is 9.47.